The van der Waals surface area contributed by atoms with Gasteiger partial charge in [-0.05, 0) is 54.8 Å². The maximum Gasteiger partial charge on any atom is 0.354 e. The summed E-state index contributed by atoms with van der Waals surface area (Å²) in [5.41, 5.74) is 4.46. The molecule has 7 heteroatoms. The molecule has 2 heterocycles. The van der Waals surface area contributed by atoms with E-state index in [2.05, 4.69) is 9.97 Å². The van der Waals surface area contributed by atoms with Crippen LogP contribution in [-0.4, -0.2) is 42.5 Å². The van der Waals surface area contributed by atoms with Gasteiger partial charge in [0.05, 0.1) is 20.8 Å². The summed E-state index contributed by atoms with van der Waals surface area (Å²) in [4.78, 5) is 32.3. The van der Waals surface area contributed by atoms with Crippen LogP contribution in [0.3, 0.4) is 0 Å². The van der Waals surface area contributed by atoms with Crippen LogP contribution in [0.1, 0.15) is 39.8 Å². The first-order chi connectivity index (χ1) is 16.5. The van der Waals surface area contributed by atoms with Crippen molar-refractivity contribution in [3.8, 4) is 22.6 Å². The van der Waals surface area contributed by atoms with Gasteiger partial charge < -0.3 is 19.2 Å². The van der Waals surface area contributed by atoms with Crippen molar-refractivity contribution in [3.05, 3.63) is 77.7 Å². The molecular weight excluding hydrogens is 432 g/mol. The van der Waals surface area contributed by atoms with E-state index in [0.29, 0.717) is 42.2 Å². The van der Waals surface area contributed by atoms with Crippen LogP contribution in [0.5, 0.6) is 11.5 Å². The van der Waals surface area contributed by atoms with E-state index in [-0.39, 0.29) is 11.8 Å². The number of fused-ring (bicyclic) bond motifs is 1. The Morgan fingerprint density at radius 1 is 0.941 bits per heavy atom. The molecule has 0 atom stereocenters. The van der Waals surface area contributed by atoms with E-state index < -0.39 is 0 Å². The third-order valence-corrected chi connectivity index (χ3v) is 5.63. The molecule has 2 aromatic heterocycles. The lowest BCUT2D eigenvalue weighted by molar-refractivity contribution is 0.0520. The third kappa shape index (κ3) is 4.93. The lowest BCUT2D eigenvalue weighted by atomic mass is 10.00. The molecule has 0 aliphatic heterocycles. The van der Waals surface area contributed by atoms with E-state index >= 15 is 0 Å². The van der Waals surface area contributed by atoms with Crippen LogP contribution in [0.25, 0.3) is 22.0 Å². The zero-order valence-electron chi connectivity index (χ0n) is 19.4. The van der Waals surface area contributed by atoms with Crippen LogP contribution in [-0.2, 0) is 11.2 Å². The molecule has 174 valence electrons. The summed E-state index contributed by atoms with van der Waals surface area (Å²) in [6.45, 7) is 2.09. The average molecular weight is 459 g/mol. The summed E-state index contributed by atoms with van der Waals surface area (Å²) < 4.78 is 15.7. The Morgan fingerprint density at radius 3 is 2.56 bits per heavy atom. The smallest absolute Gasteiger partial charge is 0.354 e. The molecule has 0 bridgehead atoms. The van der Waals surface area contributed by atoms with Crippen LogP contribution < -0.4 is 9.47 Å². The predicted molar refractivity (Wildman–Crippen MR) is 130 cm³/mol. The number of hydrogen-bond donors (Lipinski definition) is 1. The Balaban J connectivity index is 1.52. The van der Waals surface area contributed by atoms with E-state index in [1.807, 2.05) is 42.5 Å². The van der Waals surface area contributed by atoms with Crippen molar-refractivity contribution in [1.29, 1.82) is 0 Å². The number of hydrogen-bond acceptors (Lipinski definition) is 6. The number of nitrogens with one attached hydrogen (secondary N) is 1. The molecule has 0 saturated heterocycles. The van der Waals surface area contributed by atoms with Crippen LogP contribution in [0.4, 0.5) is 0 Å². The number of aryl methyl sites for hydroxylation is 1. The average Bonchev–Trinajstić information content (AvgIpc) is 3.31. The third-order valence-electron chi connectivity index (χ3n) is 5.63. The molecule has 0 saturated carbocycles. The lowest BCUT2D eigenvalue weighted by Gasteiger charge is -2.10. The molecule has 4 aromatic rings. The number of esters is 1. The van der Waals surface area contributed by atoms with Gasteiger partial charge in [0.1, 0.15) is 17.2 Å². The van der Waals surface area contributed by atoms with Crippen molar-refractivity contribution in [2.24, 2.45) is 0 Å². The number of carbonyl (C=O) groups is 2. The van der Waals surface area contributed by atoms with Crippen molar-refractivity contribution in [3.63, 3.8) is 0 Å². The number of ether oxygens (including phenoxy) is 3. The van der Waals surface area contributed by atoms with Gasteiger partial charge in [0, 0.05) is 46.9 Å². The summed E-state index contributed by atoms with van der Waals surface area (Å²) in [7, 11) is 3.20. The first-order valence-corrected chi connectivity index (χ1v) is 11.0. The number of aromatic nitrogens is 2. The first-order valence-electron chi connectivity index (χ1n) is 11.0. The number of benzene rings is 2. The number of pyridine rings is 1. The zero-order chi connectivity index (χ0) is 24.1. The first kappa shape index (κ1) is 23.0. The fraction of sp³-hybridized carbons (Fsp3) is 0.222. The number of nitrogens with zero attached hydrogens (tertiary/aromatic N) is 1. The van der Waals surface area contributed by atoms with Gasteiger partial charge >= 0.3 is 5.97 Å². The minimum Gasteiger partial charge on any atom is -0.497 e. The molecule has 34 heavy (non-hydrogen) atoms. The van der Waals surface area contributed by atoms with Crippen molar-refractivity contribution in [1.82, 2.24) is 9.97 Å². The van der Waals surface area contributed by atoms with Crippen LogP contribution >= 0.6 is 0 Å². The number of Topliss-reactive ketones (excluding diaryl/α,β-unsaturated/α-hetero) is 1. The summed E-state index contributed by atoms with van der Waals surface area (Å²) in [6.07, 6.45) is 4.18. The number of H-pyrrole nitrogens is 1. The highest BCUT2D eigenvalue weighted by Crippen LogP contribution is 2.28. The molecule has 0 aliphatic rings. The van der Waals surface area contributed by atoms with E-state index in [1.165, 1.54) is 0 Å². The second-order valence-corrected chi connectivity index (χ2v) is 7.77. The number of ketones is 1. The van der Waals surface area contributed by atoms with Gasteiger partial charge in [-0.3, -0.25) is 9.78 Å². The van der Waals surface area contributed by atoms with Gasteiger partial charge in [0.15, 0.2) is 5.78 Å². The van der Waals surface area contributed by atoms with E-state index in [4.69, 9.17) is 14.2 Å². The molecule has 0 radical (unpaired) electrons. The van der Waals surface area contributed by atoms with E-state index in [9.17, 15) is 9.59 Å². The standard InChI is InChI=1S/C27H26N2O5/c1-4-34-27(31)24-13-19-11-18(6-9-23(19)29-24)20-12-21(16-28-15-20)25(30)10-7-17-5-8-22(32-2)14-26(17)33-3/h5-6,8-9,11-16,29H,4,7,10H2,1-3H3. The van der Waals surface area contributed by atoms with Crippen LogP contribution in [0, 0.1) is 0 Å². The lowest BCUT2D eigenvalue weighted by Crippen LogP contribution is -2.04. The number of methoxy groups -OCH3 is 2. The number of rotatable bonds is 9. The van der Waals surface area contributed by atoms with Crippen LogP contribution in [0.15, 0.2) is 60.9 Å². The Labute approximate surface area is 197 Å². The maximum atomic E-state index is 12.9. The monoisotopic (exact) mass is 458 g/mol. The van der Waals surface area contributed by atoms with Crippen molar-refractivity contribution in [2.75, 3.05) is 20.8 Å². The zero-order valence-corrected chi connectivity index (χ0v) is 19.4. The highest BCUT2D eigenvalue weighted by Gasteiger charge is 2.13. The topological polar surface area (TPSA) is 90.5 Å². The van der Waals surface area contributed by atoms with Crippen molar-refractivity contribution >= 4 is 22.7 Å². The fourth-order valence-electron chi connectivity index (χ4n) is 3.83. The summed E-state index contributed by atoms with van der Waals surface area (Å²) in [5.74, 6) is 1.01. The van der Waals surface area contributed by atoms with Crippen LogP contribution in [0.2, 0.25) is 0 Å². The second-order valence-electron chi connectivity index (χ2n) is 7.77. The fourth-order valence-corrected chi connectivity index (χ4v) is 3.83. The largest absolute Gasteiger partial charge is 0.497 e. The molecular formula is C27H26N2O5. The van der Waals surface area contributed by atoms with E-state index in [1.54, 1.807) is 39.6 Å². The van der Waals surface area contributed by atoms with Gasteiger partial charge in [-0.25, -0.2) is 4.79 Å². The van der Waals surface area contributed by atoms with Gasteiger partial charge in [0.25, 0.3) is 0 Å². The quantitative estimate of drug-likeness (QED) is 0.273. The molecule has 0 spiro atoms. The minimum atomic E-state index is -0.386. The second kappa shape index (κ2) is 10.2. The van der Waals surface area contributed by atoms with Crippen molar-refractivity contribution in [2.45, 2.75) is 19.8 Å². The molecule has 2 aromatic carbocycles. The van der Waals surface area contributed by atoms with Gasteiger partial charge in [-0.2, -0.15) is 0 Å². The number of aromatic amines is 1. The highest BCUT2D eigenvalue weighted by atomic mass is 16.5. The van der Waals surface area contributed by atoms with Gasteiger partial charge in [-0.1, -0.05) is 12.1 Å². The maximum absolute atomic E-state index is 12.9. The highest BCUT2D eigenvalue weighted by molar-refractivity contribution is 5.98. The van der Waals surface area contributed by atoms with Gasteiger partial charge in [0.2, 0.25) is 0 Å². The number of carbonyl (C=O) groups excluding carboxylic acids is 2. The molecule has 0 unspecified atom stereocenters. The molecule has 4 rings (SSSR count). The Morgan fingerprint density at radius 2 is 1.79 bits per heavy atom. The summed E-state index contributed by atoms with van der Waals surface area (Å²) in [5, 5.41) is 0.879. The Bertz CT molecular complexity index is 1340. The normalized spacial score (nSPS) is 10.8. The van der Waals surface area contributed by atoms with E-state index in [0.717, 1.165) is 27.6 Å². The molecule has 1 N–H and O–H groups in total. The Kier molecular flexibility index (Phi) is 6.92. The molecule has 0 amide bonds. The molecule has 7 nitrogen and oxygen atoms in total. The van der Waals surface area contributed by atoms with Crippen molar-refractivity contribution < 1.29 is 23.8 Å². The molecule has 0 fully saturated rings. The minimum absolute atomic E-state index is 0.000425. The molecule has 0 aliphatic carbocycles. The summed E-state index contributed by atoms with van der Waals surface area (Å²) >= 11 is 0. The Hall–Kier alpha value is -4.13. The SMILES string of the molecule is CCOC(=O)c1cc2cc(-c3cncc(C(=O)CCc4ccc(OC)cc4OC)c3)ccc2[nH]1. The summed E-state index contributed by atoms with van der Waals surface area (Å²) in [6, 6.07) is 15.0. The van der Waals surface area contributed by atoms with Gasteiger partial charge in [-0.15, -0.1) is 0 Å². The predicted octanol–water partition coefficient (Wildman–Crippen LogP) is 5.24.